The van der Waals surface area contributed by atoms with Crippen LogP contribution < -0.4 is 0 Å². The molecule has 0 aliphatic heterocycles. The molecule has 0 saturated heterocycles. The SMILES string of the molecule is CC(O)C(C)(C)C.Oc1ccc2nccc(Cl)c2c1F. The first-order valence-electron chi connectivity index (χ1n) is 6.24. The Morgan fingerprint density at radius 3 is 2.30 bits per heavy atom. The fourth-order valence-electron chi connectivity index (χ4n) is 1.16. The first-order chi connectivity index (χ1) is 9.14. The normalized spacial score (nSPS) is 12.8. The van der Waals surface area contributed by atoms with Gasteiger partial charge in [0.25, 0.3) is 0 Å². The number of fused-ring (bicyclic) bond motifs is 1. The predicted octanol–water partition coefficient (Wildman–Crippen LogP) is 4.15. The fraction of sp³-hybridized carbons (Fsp3) is 0.400. The topological polar surface area (TPSA) is 53.4 Å². The molecule has 0 bridgehead atoms. The summed E-state index contributed by atoms with van der Waals surface area (Å²) in [7, 11) is 0. The van der Waals surface area contributed by atoms with Crippen LogP contribution in [-0.2, 0) is 0 Å². The highest BCUT2D eigenvalue weighted by atomic mass is 35.5. The number of aromatic hydroxyl groups is 1. The molecule has 2 aromatic rings. The van der Waals surface area contributed by atoms with Crippen LogP contribution in [0, 0.1) is 11.2 Å². The average molecular weight is 300 g/mol. The molecule has 0 amide bonds. The number of aliphatic hydroxyl groups is 1. The van der Waals surface area contributed by atoms with E-state index in [1.807, 2.05) is 20.8 Å². The lowest BCUT2D eigenvalue weighted by Crippen LogP contribution is -2.21. The molecule has 0 fully saturated rings. The molecule has 3 nitrogen and oxygen atoms in total. The Morgan fingerprint density at radius 2 is 1.80 bits per heavy atom. The molecule has 0 spiro atoms. The molecule has 1 heterocycles. The fourth-order valence-corrected chi connectivity index (χ4v) is 1.39. The zero-order valence-electron chi connectivity index (χ0n) is 12.0. The van der Waals surface area contributed by atoms with Gasteiger partial charge in [-0.15, -0.1) is 0 Å². The van der Waals surface area contributed by atoms with Crippen molar-refractivity contribution in [2.75, 3.05) is 0 Å². The molecule has 1 unspecified atom stereocenters. The Bertz CT molecular complexity index is 594. The summed E-state index contributed by atoms with van der Waals surface area (Å²) in [6.07, 6.45) is 1.29. The molecule has 5 heteroatoms. The predicted molar refractivity (Wildman–Crippen MR) is 79.5 cm³/mol. The highest BCUT2D eigenvalue weighted by molar-refractivity contribution is 6.35. The van der Waals surface area contributed by atoms with Gasteiger partial charge in [-0.25, -0.2) is 4.39 Å². The number of aromatic nitrogens is 1. The number of hydrogen-bond acceptors (Lipinski definition) is 3. The minimum atomic E-state index is -0.726. The van der Waals surface area contributed by atoms with Crippen molar-refractivity contribution >= 4 is 22.5 Å². The Morgan fingerprint density at radius 1 is 1.25 bits per heavy atom. The summed E-state index contributed by atoms with van der Waals surface area (Å²) in [4.78, 5) is 3.91. The number of phenolic OH excluding ortho intramolecular Hbond substituents is 1. The lowest BCUT2D eigenvalue weighted by Gasteiger charge is -2.21. The summed E-state index contributed by atoms with van der Waals surface area (Å²) >= 11 is 5.74. The number of nitrogens with zero attached hydrogens (tertiary/aromatic N) is 1. The maximum Gasteiger partial charge on any atom is 0.175 e. The Labute approximate surface area is 123 Å². The molecule has 2 N–H and O–H groups in total. The van der Waals surface area contributed by atoms with Crippen LogP contribution in [-0.4, -0.2) is 21.3 Å². The Hall–Kier alpha value is -1.39. The van der Waals surface area contributed by atoms with E-state index in [9.17, 15) is 4.39 Å². The minimum absolute atomic E-state index is 0.0556. The summed E-state index contributed by atoms with van der Waals surface area (Å²) in [6, 6.07) is 4.24. The smallest absolute Gasteiger partial charge is 0.175 e. The van der Waals surface area contributed by atoms with Crippen LogP contribution in [0.5, 0.6) is 5.75 Å². The van der Waals surface area contributed by atoms with Gasteiger partial charge >= 0.3 is 0 Å². The van der Waals surface area contributed by atoms with Gasteiger partial charge in [0.05, 0.1) is 22.0 Å². The molecule has 20 heavy (non-hydrogen) atoms. The van der Waals surface area contributed by atoms with Crippen molar-refractivity contribution in [1.82, 2.24) is 4.98 Å². The summed E-state index contributed by atoms with van der Waals surface area (Å²) in [5, 5.41) is 18.4. The van der Waals surface area contributed by atoms with E-state index in [1.54, 1.807) is 6.92 Å². The van der Waals surface area contributed by atoms with Crippen LogP contribution >= 0.6 is 11.6 Å². The van der Waals surface area contributed by atoms with Crippen molar-refractivity contribution in [2.45, 2.75) is 33.8 Å². The first kappa shape index (κ1) is 16.7. The highest BCUT2D eigenvalue weighted by Gasteiger charge is 2.15. The lowest BCUT2D eigenvalue weighted by atomic mass is 9.91. The Kier molecular flexibility index (Phi) is 5.31. The summed E-state index contributed by atoms with van der Waals surface area (Å²) in [5.74, 6) is -1.14. The third kappa shape index (κ3) is 4.05. The van der Waals surface area contributed by atoms with Gasteiger partial charge in [0.2, 0.25) is 0 Å². The monoisotopic (exact) mass is 299 g/mol. The van der Waals surface area contributed by atoms with Crippen LogP contribution in [0.15, 0.2) is 24.4 Å². The van der Waals surface area contributed by atoms with Crippen molar-refractivity contribution in [3.05, 3.63) is 35.2 Å². The number of hydrogen-bond donors (Lipinski definition) is 2. The van der Waals surface area contributed by atoms with Crippen molar-refractivity contribution in [3.8, 4) is 5.75 Å². The van der Waals surface area contributed by atoms with E-state index in [-0.39, 0.29) is 21.9 Å². The average Bonchev–Trinajstić information content (AvgIpc) is 2.33. The third-order valence-electron chi connectivity index (χ3n) is 3.03. The maximum absolute atomic E-state index is 13.3. The molecular weight excluding hydrogens is 281 g/mol. The van der Waals surface area contributed by atoms with E-state index >= 15 is 0 Å². The molecule has 1 aromatic heterocycles. The van der Waals surface area contributed by atoms with Crippen LogP contribution in [0.3, 0.4) is 0 Å². The van der Waals surface area contributed by atoms with Crippen LogP contribution in [0.2, 0.25) is 5.02 Å². The van der Waals surface area contributed by atoms with Crippen LogP contribution in [0.1, 0.15) is 27.7 Å². The van der Waals surface area contributed by atoms with Gasteiger partial charge in [-0.2, -0.15) is 0 Å². The number of rotatable bonds is 0. The van der Waals surface area contributed by atoms with E-state index in [1.165, 1.54) is 24.4 Å². The molecule has 1 atom stereocenters. The third-order valence-corrected chi connectivity index (χ3v) is 3.34. The van der Waals surface area contributed by atoms with Gasteiger partial charge in [0.1, 0.15) is 0 Å². The first-order valence-corrected chi connectivity index (χ1v) is 6.62. The second-order valence-electron chi connectivity index (χ2n) is 5.63. The van der Waals surface area contributed by atoms with Gasteiger partial charge in [0.15, 0.2) is 11.6 Å². The molecule has 0 aliphatic carbocycles. The number of pyridine rings is 1. The highest BCUT2D eigenvalue weighted by Crippen LogP contribution is 2.29. The van der Waals surface area contributed by atoms with Crippen molar-refractivity contribution in [1.29, 1.82) is 0 Å². The van der Waals surface area contributed by atoms with E-state index in [0.29, 0.717) is 5.52 Å². The number of benzene rings is 1. The van der Waals surface area contributed by atoms with Gasteiger partial charge in [0, 0.05) is 6.20 Å². The molecule has 110 valence electrons. The number of phenols is 1. The maximum atomic E-state index is 13.3. The summed E-state index contributed by atoms with van der Waals surface area (Å²) < 4.78 is 13.3. The standard InChI is InChI=1S/C9H5ClFNO.C6H14O/c10-5-3-4-12-6-1-2-7(13)9(11)8(5)6;1-5(7)6(2,3)4/h1-4,13H;5,7H,1-4H3. The lowest BCUT2D eigenvalue weighted by molar-refractivity contribution is 0.0801. The largest absolute Gasteiger partial charge is 0.505 e. The minimum Gasteiger partial charge on any atom is -0.505 e. The second kappa shape index (κ2) is 6.37. The van der Waals surface area contributed by atoms with Gasteiger partial charge in [-0.05, 0) is 30.5 Å². The van der Waals surface area contributed by atoms with Crippen molar-refractivity contribution < 1.29 is 14.6 Å². The van der Waals surface area contributed by atoms with E-state index in [2.05, 4.69) is 4.98 Å². The molecule has 0 aliphatic rings. The van der Waals surface area contributed by atoms with Gasteiger partial charge < -0.3 is 10.2 Å². The molecule has 0 saturated carbocycles. The molecule has 2 rings (SSSR count). The van der Waals surface area contributed by atoms with Crippen LogP contribution in [0.25, 0.3) is 10.9 Å². The summed E-state index contributed by atoms with van der Waals surface area (Å²) in [5.41, 5.74) is 0.489. The summed E-state index contributed by atoms with van der Waals surface area (Å²) in [6.45, 7) is 7.84. The Balaban J connectivity index is 0.000000246. The molecule has 0 radical (unpaired) electrons. The molecular formula is C15H19ClFNO2. The van der Waals surface area contributed by atoms with Crippen molar-refractivity contribution in [2.24, 2.45) is 5.41 Å². The molecule has 1 aromatic carbocycles. The number of halogens is 2. The van der Waals surface area contributed by atoms with E-state index in [4.69, 9.17) is 21.8 Å². The quantitative estimate of drug-likeness (QED) is 0.768. The second-order valence-corrected chi connectivity index (χ2v) is 6.03. The van der Waals surface area contributed by atoms with Crippen LogP contribution in [0.4, 0.5) is 4.39 Å². The van der Waals surface area contributed by atoms with Crippen molar-refractivity contribution in [3.63, 3.8) is 0 Å². The van der Waals surface area contributed by atoms with E-state index < -0.39 is 11.6 Å². The zero-order chi connectivity index (χ0) is 15.5. The zero-order valence-corrected chi connectivity index (χ0v) is 12.7. The number of aliphatic hydroxyl groups excluding tert-OH is 1. The van der Waals surface area contributed by atoms with Gasteiger partial charge in [-0.3, -0.25) is 4.98 Å². The van der Waals surface area contributed by atoms with Gasteiger partial charge in [-0.1, -0.05) is 32.4 Å². The van der Waals surface area contributed by atoms with E-state index in [0.717, 1.165) is 0 Å².